The third kappa shape index (κ3) is 4.82. The summed E-state index contributed by atoms with van der Waals surface area (Å²) in [5.74, 6) is -0.753. The van der Waals surface area contributed by atoms with Gasteiger partial charge in [-0.3, -0.25) is 20.2 Å². The van der Waals surface area contributed by atoms with Crippen LogP contribution in [0.25, 0.3) is 11.1 Å². The normalized spacial score (nSPS) is 11.3. The molecule has 0 radical (unpaired) electrons. The number of benzene rings is 1. The van der Waals surface area contributed by atoms with Crippen molar-refractivity contribution in [1.29, 1.82) is 0 Å². The summed E-state index contributed by atoms with van der Waals surface area (Å²) < 4.78 is 6.54. The second-order valence-corrected chi connectivity index (χ2v) is 6.52. The molecule has 0 saturated heterocycles. The van der Waals surface area contributed by atoms with E-state index in [0.717, 1.165) is 0 Å². The highest BCUT2D eigenvalue weighted by molar-refractivity contribution is 7.80. The summed E-state index contributed by atoms with van der Waals surface area (Å²) in [6.45, 7) is 6.10. The Balaban J connectivity index is 1.88. The number of hydrogen-bond acceptors (Lipinski definition) is 4. The van der Waals surface area contributed by atoms with Gasteiger partial charge < -0.3 is 9.73 Å². The van der Waals surface area contributed by atoms with Crippen molar-refractivity contribution in [3.05, 3.63) is 34.8 Å². The third-order valence-corrected chi connectivity index (χ3v) is 3.14. The molecule has 1 amide bonds. The van der Waals surface area contributed by atoms with Gasteiger partial charge in [0, 0.05) is 18.5 Å². The zero-order valence-electron chi connectivity index (χ0n) is 13.3. The van der Waals surface area contributed by atoms with Crippen molar-refractivity contribution in [2.45, 2.75) is 39.3 Å². The number of aryl methyl sites for hydroxylation is 1. The number of para-hydroxylation sites is 2. The van der Waals surface area contributed by atoms with E-state index in [1.807, 2.05) is 26.8 Å². The highest BCUT2D eigenvalue weighted by atomic mass is 32.1. The predicted octanol–water partition coefficient (Wildman–Crippen LogP) is 1.28. The van der Waals surface area contributed by atoms with Crippen LogP contribution in [-0.4, -0.2) is 21.1 Å². The first-order valence-corrected chi connectivity index (χ1v) is 7.62. The van der Waals surface area contributed by atoms with Gasteiger partial charge >= 0.3 is 5.76 Å². The highest BCUT2D eigenvalue weighted by Crippen LogP contribution is 2.11. The number of nitrogens with zero attached hydrogens (tertiary/aromatic N) is 1. The van der Waals surface area contributed by atoms with Gasteiger partial charge in [0.1, 0.15) is 0 Å². The molecule has 1 aromatic heterocycles. The summed E-state index contributed by atoms with van der Waals surface area (Å²) in [5, 5.41) is 3.34. The molecule has 124 valence electrons. The second-order valence-electron chi connectivity index (χ2n) is 6.11. The number of amides is 1. The summed E-state index contributed by atoms with van der Waals surface area (Å²) >= 11 is 5.06. The number of carbonyl (C=O) groups excluding carboxylic acids is 1. The van der Waals surface area contributed by atoms with Gasteiger partial charge in [0.2, 0.25) is 5.91 Å². The molecule has 0 bridgehead atoms. The molecule has 3 N–H and O–H groups in total. The van der Waals surface area contributed by atoms with Crippen molar-refractivity contribution in [2.24, 2.45) is 0 Å². The van der Waals surface area contributed by atoms with E-state index < -0.39 is 5.76 Å². The molecule has 0 fully saturated rings. The molecule has 0 saturated carbocycles. The number of nitrogens with one attached hydrogen (secondary N) is 3. The minimum atomic E-state index is -0.475. The molecular weight excluding hydrogens is 316 g/mol. The Labute approximate surface area is 139 Å². The van der Waals surface area contributed by atoms with E-state index >= 15 is 0 Å². The lowest BCUT2D eigenvalue weighted by Gasteiger charge is -2.23. The van der Waals surface area contributed by atoms with Crippen LogP contribution in [0.15, 0.2) is 33.5 Å². The molecule has 0 spiro atoms. The maximum absolute atomic E-state index is 11.8. The lowest BCUT2D eigenvalue weighted by atomic mass is 10.1. The Bertz CT molecular complexity index is 773. The Hall–Kier alpha value is -2.35. The molecule has 0 unspecified atom stereocenters. The maximum atomic E-state index is 11.8. The number of carbonyl (C=O) groups is 1. The molecular formula is C15H20N4O3S. The van der Waals surface area contributed by atoms with Crippen LogP contribution in [0.3, 0.4) is 0 Å². The first-order chi connectivity index (χ1) is 10.8. The third-order valence-electron chi connectivity index (χ3n) is 2.94. The van der Waals surface area contributed by atoms with E-state index in [9.17, 15) is 9.59 Å². The molecule has 23 heavy (non-hydrogen) atoms. The minimum Gasteiger partial charge on any atom is -0.408 e. The number of oxazole rings is 1. The molecule has 2 rings (SSSR count). The highest BCUT2D eigenvalue weighted by Gasteiger charge is 2.12. The Morgan fingerprint density at radius 1 is 1.26 bits per heavy atom. The van der Waals surface area contributed by atoms with Gasteiger partial charge in [0.15, 0.2) is 10.7 Å². The summed E-state index contributed by atoms with van der Waals surface area (Å²) in [7, 11) is 0. The van der Waals surface area contributed by atoms with Gasteiger partial charge in [-0.05, 0) is 45.1 Å². The van der Waals surface area contributed by atoms with Gasteiger partial charge in [-0.1, -0.05) is 12.1 Å². The predicted molar refractivity (Wildman–Crippen MR) is 91.9 cm³/mol. The number of aromatic nitrogens is 1. The molecule has 0 aliphatic heterocycles. The first-order valence-electron chi connectivity index (χ1n) is 7.21. The Morgan fingerprint density at radius 3 is 2.65 bits per heavy atom. The quantitative estimate of drug-likeness (QED) is 0.578. The number of hydrazine groups is 1. The molecule has 0 aliphatic carbocycles. The van der Waals surface area contributed by atoms with Crippen LogP contribution in [-0.2, 0) is 11.3 Å². The van der Waals surface area contributed by atoms with Crippen LogP contribution in [0, 0.1) is 0 Å². The lowest BCUT2D eigenvalue weighted by Crippen LogP contribution is -2.52. The first kappa shape index (κ1) is 17.0. The van der Waals surface area contributed by atoms with Gasteiger partial charge in [-0.2, -0.15) is 0 Å². The fourth-order valence-corrected chi connectivity index (χ4v) is 2.36. The SMILES string of the molecule is CC(C)(C)NC(=S)NNC(=O)CCn1c(=O)oc2ccccc21. The molecule has 7 nitrogen and oxygen atoms in total. The van der Waals surface area contributed by atoms with Gasteiger partial charge in [-0.25, -0.2) is 4.79 Å². The van der Waals surface area contributed by atoms with E-state index in [1.54, 1.807) is 18.2 Å². The molecule has 0 aliphatic rings. The van der Waals surface area contributed by atoms with Crippen LogP contribution in [0.5, 0.6) is 0 Å². The fourth-order valence-electron chi connectivity index (χ4n) is 2.00. The van der Waals surface area contributed by atoms with Crippen LogP contribution >= 0.6 is 12.2 Å². The van der Waals surface area contributed by atoms with Crippen molar-refractivity contribution in [3.8, 4) is 0 Å². The molecule has 0 atom stereocenters. The van der Waals surface area contributed by atoms with E-state index in [0.29, 0.717) is 16.2 Å². The van der Waals surface area contributed by atoms with Crippen LogP contribution in [0.4, 0.5) is 0 Å². The van der Waals surface area contributed by atoms with E-state index in [2.05, 4.69) is 16.2 Å². The zero-order chi connectivity index (χ0) is 17.0. The average Bonchev–Trinajstić information content (AvgIpc) is 2.76. The second kappa shape index (κ2) is 6.82. The summed E-state index contributed by atoms with van der Waals surface area (Å²) in [5.41, 5.74) is 6.11. The fraction of sp³-hybridized carbons (Fsp3) is 0.400. The molecule has 1 heterocycles. The van der Waals surface area contributed by atoms with E-state index in [-0.39, 0.29) is 24.4 Å². The summed E-state index contributed by atoms with van der Waals surface area (Å²) in [6, 6.07) is 7.09. The minimum absolute atomic E-state index is 0.120. The largest absolute Gasteiger partial charge is 0.419 e. The van der Waals surface area contributed by atoms with Crippen molar-refractivity contribution in [3.63, 3.8) is 0 Å². The van der Waals surface area contributed by atoms with Gasteiger partial charge in [0.25, 0.3) is 0 Å². The molecule has 2 aromatic rings. The number of rotatable bonds is 3. The van der Waals surface area contributed by atoms with Crippen molar-refractivity contribution in [1.82, 2.24) is 20.7 Å². The van der Waals surface area contributed by atoms with Crippen LogP contribution in [0.1, 0.15) is 27.2 Å². The lowest BCUT2D eigenvalue weighted by molar-refractivity contribution is -0.121. The van der Waals surface area contributed by atoms with Crippen LogP contribution < -0.4 is 21.9 Å². The van der Waals surface area contributed by atoms with E-state index in [1.165, 1.54) is 4.57 Å². The number of hydrogen-bond donors (Lipinski definition) is 3. The van der Waals surface area contributed by atoms with Gasteiger partial charge in [0.05, 0.1) is 5.52 Å². The van der Waals surface area contributed by atoms with Crippen molar-refractivity contribution < 1.29 is 9.21 Å². The number of fused-ring (bicyclic) bond motifs is 1. The topological polar surface area (TPSA) is 88.3 Å². The van der Waals surface area contributed by atoms with Crippen molar-refractivity contribution in [2.75, 3.05) is 0 Å². The van der Waals surface area contributed by atoms with Crippen molar-refractivity contribution >= 4 is 34.3 Å². The average molecular weight is 336 g/mol. The maximum Gasteiger partial charge on any atom is 0.419 e. The zero-order valence-corrected chi connectivity index (χ0v) is 14.1. The smallest absolute Gasteiger partial charge is 0.408 e. The molecule has 1 aromatic carbocycles. The summed E-state index contributed by atoms with van der Waals surface area (Å²) in [6.07, 6.45) is 0.120. The Kier molecular flexibility index (Phi) is 5.05. The monoisotopic (exact) mass is 336 g/mol. The number of thiocarbonyl (C=S) groups is 1. The standard InChI is InChI=1S/C15H20N4O3S/c1-15(2,3)16-13(23)18-17-12(20)8-9-19-10-6-4-5-7-11(10)22-14(19)21/h4-7H,8-9H2,1-3H3,(H,17,20)(H2,16,18,23). The van der Waals surface area contributed by atoms with E-state index in [4.69, 9.17) is 16.6 Å². The van der Waals surface area contributed by atoms with Gasteiger partial charge in [-0.15, -0.1) is 0 Å². The Morgan fingerprint density at radius 2 is 1.96 bits per heavy atom. The molecule has 8 heteroatoms. The summed E-state index contributed by atoms with van der Waals surface area (Å²) in [4.78, 5) is 23.6. The van der Waals surface area contributed by atoms with Crippen LogP contribution in [0.2, 0.25) is 0 Å².